The zero-order valence-corrected chi connectivity index (χ0v) is 10.6. The summed E-state index contributed by atoms with van der Waals surface area (Å²) in [4.78, 5) is 14.3. The predicted molar refractivity (Wildman–Crippen MR) is 68.8 cm³/mol. The van der Waals surface area contributed by atoms with Gasteiger partial charge in [-0.3, -0.25) is 4.79 Å². The largest absolute Gasteiger partial charge is 0.397 e. The standard InChI is InChI=1S/C13H21N3O/c1-3-10-5-6-16(8-10)13(17)12-7-11(14)9-15(12)4-2/h7,9-10H,3-6,8,14H2,1-2H3. The van der Waals surface area contributed by atoms with E-state index >= 15 is 0 Å². The smallest absolute Gasteiger partial charge is 0.270 e. The summed E-state index contributed by atoms with van der Waals surface area (Å²) >= 11 is 0. The number of rotatable bonds is 3. The minimum atomic E-state index is 0.125. The van der Waals surface area contributed by atoms with Gasteiger partial charge in [0.2, 0.25) is 0 Å². The summed E-state index contributed by atoms with van der Waals surface area (Å²) < 4.78 is 1.93. The Hall–Kier alpha value is -1.45. The molecule has 1 aromatic heterocycles. The molecular formula is C13H21N3O. The van der Waals surface area contributed by atoms with Crippen molar-refractivity contribution in [2.24, 2.45) is 5.92 Å². The average Bonchev–Trinajstić information content (AvgIpc) is 2.93. The van der Waals surface area contributed by atoms with Gasteiger partial charge in [0.15, 0.2) is 0 Å². The Kier molecular flexibility index (Phi) is 3.41. The maximum absolute atomic E-state index is 12.4. The molecule has 1 amide bonds. The second kappa shape index (κ2) is 4.82. The van der Waals surface area contributed by atoms with Crippen LogP contribution in [0.4, 0.5) is 5.69 Å². The number of carbonyl (C=O) groups is 1. The summed E-state index contributed by atoms with van der Waals surface area (Å²) in [5.41, 5.74) is 7.15. The first-order valence-electron chi connectivity index (χ1n) is 6.40. The van der Waals surface area contributed by atoms with E-state index < -0.39 is 0 Å². The summed E-state index contributed by atoms with van der Waals surface area (Å²) in [5.74, 6) is 0.792. The number of aromatic nitrogens is 1. The normalized spacial score (nSPS) is 19.9. The van der Waals surface area contributed by atoms with Gasteiger partial charge in [-0.25, -0.2) is 0 Å². The van der Waals surface area contributed by atoms with Crippen molar-refractivity contribution < 1.29 is 4.79 Å². The van der Waals surface area contributed by atoms with E-state index in [9.17, 15) is 4.79 Å². The number of carbonyl (C=O) groups excluding carboxylic acids is 1. The number of nitrogen functional groups attached to an aromatic ring is 1. The van der Waals surface area contributed by atoms with Crippen LogP contribution in [0.3, 0.4) is 0 Å². The van der Waals surface area contributed by atoms with Crippen LogP contribution in [0.1, 0.15) is 37.2 Å². The van der Waals surface area contributed by atoms with Crippen LogP contribution in [0.25, 0.3) is 0 Å². The molecule has 2 heterocycles. The van der Waals surface area contributed by atoms with E-state index in [1.54, 1.807) is 6.07 Å². The third-order valence-corrected chi connectivity index (χ3v) is 3.63. The van der Waals surface area contributed by atoms with E-state index in [1.807, 2.05) is 22.6 Å². The van der Waals surface area contributed by atoms with Crippen LogP contribution in [-0.2, 0) is 6.54 Å². The molecule has 4 heteroatoms. The Morgan fingerprint density at radius 2 is 2.29 bits per heavy atom. The molecule has 1 fully saturated rings. The quantitative estimate of drug-likeness (QED) is 0.870. The minimum Gasteiger partial charge on any atom is -0.397 e. The summed E-state index contributed by atoms with van der Waals surface area (Å²) in [5, 5.41) is 0. The molecule has 0 aliphatic carbocycles. The van der Waals surface area contributed by atoms with E-state index in [4.69, 9.17) is 5.73 Å². The molecule has 2 rings (SSSR count). The molecule has 17 heavy (non-hydrogen) atoms. The fourth-order valence-corrected chi connectivity index (χ4v) is 2.49. The Balaban J connectivity index is 2.14. The Bertz CT molecular complexity index is 411. The fraction of sp³-hybridized carbons (Fsp3) is 0.615. The van der Waals surface area contributed by atoms with Gasteiger partial charge in [-0.15, -0.1) is 0 Å². The molecular weight excluding hydrogens is 214 g/mol. The van der Waals surface area contributed by atoms with Crippen molar-refractivity contribution in [1.82, 2.24) is 9.47 Å². The van der Waals surface area contributed by atoms with Crippen molar-refractivity contribution in [2.45, 2.75) is 33.2 Å². The van der Waals surface area contributed by atoms with Gasteiger partial charge in [-0.2, -0.15) is 0 Å². The third-order valence-electron chi connectivity index (χ3n) is 3.63. The maximum atomic E-state index is 12.4. The molecule has 0 aromatic carbocycles. The van der Waals surface area contributed by atoms with Gasteiger partial charge < -0.3 is 15.2 Å². The van der Waals surface area contributed by atoms with E-state index in [1.165, 1.54) is 0 Å². The molecule has 0 spiro atoms. The van der Waals surface area contributed by atoms with Gasteiger partial charge in [0, 0.05) is 25.8 Å². The lowest BCUT2D eigenvalue weighted by Crippen LogP contribution is -2.30. The second-order valence-electron chi connectivity index (χ2n) is 4.76. The number of hydrogen-bond acceptors (Lipinski definition) is 2. The molecule has 1 aromatic rings. The van der Waals surface area contributed by atoms with Crippen molar-refractivity contribution >= 4 is 11.6 Å². The topological polar surface area (TPSA) is 51.3 Å². The van der Waals surface area contributed by atoms with E-state index in [0.29, 0.717) is 11.6 Å². The number of hydrogen-bond donors (Lipinski definition) is 1. The molecule has 94 valence electrons. The lowest BCUT2D eigenvalue weighted by molar-refractivity contribution is 0.0776. The van der Waals surface area contributed by atoms with E-state index in [-0.39, 0.29) is 5.91 Å². The van der Waals surface area contributed by atoms with Crippen molar-refractivity contribution in [2.75, 3.05) is 18.8 Å². The maximum Gasteiger partial charge on any atom is 0.270 e. The van der Waals surface area contributed by atoms with Crippen LogP contribution in [0.15, 0.2) is 12.3 Å². The summed E-state index contributed by atoms with van der Waals surface area (Å²) in [6.07, 6.45) is 4.12. The molecule has 2 N–H and O–H groups in total. The molecule has 1 atom stereocenters. The molecule has 0 bridgehead atoms. The molecule has 0 radical (unpaired) electrons. The molecule has 1 saturated heterocycles. The van der Waals surface area contributed by atoms with Gasteiger partial charge in [0.25, 0.3) is 5.91 Å². The first kappa shape index (κ1) is 12.0. The number of amides is 1. The highest BCUT2D eigenvalue weighted by atomic mass is 16.2. The van der Waals surface area contributed by atoms with Gasteiger partial charge >= 0.3 is 0 Å². The van der Waals surface area contributed by atoms with E-state index in [0.717, 1.165) is 38.2 Å². The Labute approximate surface area is 102 Å². The summed E-state index contributed by atoms with van der Waals surface area (Å²) in [7, 11) is 0. The minimum absolute atomic E-state index is 0.125. The highest BCUT2D eigenvalue weighted by Gasteiger charge is 2.27. The van der Waals surface area contributed by atoms with E-state index in [2.05, 4.69) is 6.92 Å². The van der Waals surface area contributed by atoms with Crippen molar-refractivity contribution in [3.63, 3.8) is 0 Å². The number of anilines is 1. The second-order valence-corrected chi connectivity index (χ2v) is 4.76. The molecule has 4 nitrogen and oxygen atoms in total. The average molecular weight is 235 g/mol. The van der Waals surface area contributed by atoms with Crippen LogP contribution >= 0.6 is 0 Å². The van der Waals surface area contributed by atoms with Crippen molar-refractivity contribution in [1.29, 1.82) is 0 Å². The highest BCUT2D eigenvalue weighted by molar-refractivity contribution is 5.94. The summed E-state index contributed by atoms with van der Waals surface area (Å²) in [6, 6.07) is 1.78. The lowest BCUT2D eigenvalue weighted by Gasteiger charge is -2.17. The lowest BCUT2D eigenvalue weighted by atomic mass is 10.1. The van der Waals surface area contributed by atoms with Crippen LogP contribution in [0, 0.1) is 5.92 Å². The zero-order chi connectivity index (χ0) is 12.4. The number of nitrogens with two attached hydrogens (primary N) is 1. The fourth-order valence-electron chi connectivity index (χ4n) is 2.49. The first-order valence-corrected chi connectivity index (χ1v) is 6.40. The number of likely N-dealkylation sites (tertiary alicyclic amines) is 1. The van der Waals surface area contributed by atoms with Crippen molar-refractivity contribution in [3.05, 3.63) is 18.0 Å². The highest BCUT2D eigenvalue weighted by Crippen LogP contribution is 2.22. The SMILES string of the molecule is CCC1CCN(C(=O)c2cc(N)cn2CC)C1. The Morgan fingerprint density at radius 1 is 1.53 bits per heavy atom. The van der Waals surface area contributed by atoms with Gasteiger partial charge in [-0.05, 0) is 25.3 Å². The van der Waals surface area contributed by atoms with Gasteiger partial charge in [0.1, 0.15) is 5.69 Å². The molecule has 1 aliphatic heterocycles. The monoisotopic (exact) mass is 235 g/mol. The number of nitrogens with zero attached hydrogens (tertiary/aromatic N) is 2. The van der Waals surface area contributed by atoms with Gasteiger partial charge in [-0.1, -0.05) is 13.3 Å². The van der Waals surface area contributed by atoms with Crippen LogP contribution in [0.5, 0.6) is 0 Å². The van der Waals surface area contributed by atoms with Crippen molar-refractivity contribution in [3.8, 4) is 0 Å². The summed E-state index contributed by atoms with van der Waals surface area (Å²) in [6.45, 7) is 6.76. The molecule has 1 aliphatic rings. The zero-order valence-electron chi connectivity index (χ0n) is 10.6. The molecule has 1 unspecified atom stereocenters. The first-order chi connectivity index (χ1) is 8.15. The Morgan fingerprint density at radius 3 is 2.88 bits per heavy atom. The van der Waals surface area contributed by atoms with Gasteiger partial charge in [0.05, 0.1) is 5.69 Å². The molecule has 0 saturated carbocycles. The van der Waals surface area contributed by atoms with Crippen LogP contribution < -0.4 is 5.73 Å². The third kappa shape index (κ3) is 2.30. The van der Waals surface area contributed by atoms with Crippen LogP contribution in [-0.4, -0.2) is 28.5 Å². The predicted octanol–water partition coefficient (Wildman–Crippen LogP) is 1.96. The van der Waals surface area contributed by atoms with Crippen LogP contribution in [0.2, 0.25) is 0 Å². The number of aryl methyl sites for hydroxylation is 1.